The van der Waals surface area contributed by atoms with Gasteiger partial charge in [0.2, 0.25) is 0 Å². The summed E-state index contributed by atoms with van der Waals surface area (Å²) in [5, 5.41) is 9.51. The topological polar surface area (TPSA) is 40.5 Å². The van der Waals surface area contributed by atoms with E-state index in [0.717, 1.165) is 18.4 Å². The molecule has 2 aromatic carbocycles. The van der Waals surface area contributed by atoms with Crippen LogP contribution in [0, 0.1) is 12.7 Å². The zero-order valence-corrected chi connectivity index (χ0v) is 13.8. The van der Waals surface area contributed by atoms with E-state index >= 15 is 0 Å². The molecule has 0 fully saturated rings. The van der Waals surface area contributed by atoms with Crippen LogP contribution in [0.15, 0.2) is 42.5 Å². The molecule has 0 bridgehead atoms. The van der Waals surface area contributed by atoms with Crippen molar-refractivity contribution in [2.45, 2.75) is 38.8 Å². The molecule has 1 atom stereocenters. The summed E-state index contributed by atoms with van der Waals surface area (Å²) < 4.78 is 13.9. The third kappa shape index (κ3) is 3.65. The van der Waals surface area contributed by atoms with Crippen molar-refractivity contribution in [3.8, 4) is 0 Å². The number of fused-ring (bicyclic) bond motifs is 1. The third-order valence-corrected chi connectivity index (χ3v) is 4.71. The monoisotopic (exact) mass is 327 g/mol. The lowest BCUT2D eigenvalue weighted by molar-refractivity contribution is -0.144. The fraction of sp³-hybridized carbons (Fsp3) is 0.350. The Bertz CT molecular complexity index is 744. The Morgan fingerprint density at radius 3 is 2.83 bits per heavy atom. The SMILES string of the molecule is Cc1cccc(CCCN2Cc3cccc(F)c3CC2C(=O)O)c1. The molecule has 4 heteroatoms. The number of hydrogen-bond acceptors (Lipinski definition) is 2. The molecule has 0 spiro atoms. The van der Waals surface area contributed by atoms with Crippen LogP contribution >= 0.6 is 0 Å². The van der Waals surface area contributed by atoms with Crippen molar-refractivity contribution in [2.75, 3.05) is 6.54 Å². The van der Waals surface area contributed by atoms with E-state index in [1.54, 1.807) is 6.07 Å². The van der Waals surface area contributed by atoms with Gasteiger partial charge in [-0.05, 0) is 49.1 Å². The first-order valence-corrected chi connectivity index (χ1v) is 8.33. The van der Waals surface area contributed by atoms with Gasteiger partial charge in [-0.15, -0.1) is 0 Å². The van der Waals surface area contributed by atoms with Crippen LogP contribution in [-0.2, 0) is 24.2 Å². The van der Waals surface area contributed by atoms with Crippen LogP contribution in [0.4, 0.5) is 4.39 Å². The molecule has 1 unspecified atom stereocenters. The zero-order valence-electron chi connectivity index (χ0n) is 13.8. The van der Waals surface area contributed by atoms with Gasteiger partial charge in [0.05, 0.1) is 0 Å². The Morgan fingerprint density at radius 1 is 1.29 bits per heavy atom. The summed E-state index contributed by atoms with van der Waals surface area (Å²) in [5.41, 5.74) is 3.96. The Labute approximate surface area is 141 Å². The predicted octanol–water partition coefficient (Wildman–Crippen LogP) is 3.58. The molecule has 3 rings (SSSR count). The Hall–Kier alpha value is -2.20. The van der Waals surface area contributed by atoms with Crippen LogP contribution in [0.2, 0.25) is 0 Å². The summed E-state index contributed by atoms with van der Waals surface area (Å²) in [7, 11) is 0. The van der Waals surface area contributed by atoms with E-state index in [-0.39, 0.29) is 12.2 Å². The van der Waals surface area contributed by atoms with Gasteiger partial charge in [-0.25, -0.2) is 4.39 Å². The Morgan fingerprint density at radius 2 is 2.08 bits per heavy atom. The van der Waals surface area contributed by atoms with Gasteiger partial charge >= 0.3 is 5.97 Å². The van der Waals surface area contributed by atoms with E-state index in [1.165, 1.54) is 17.2 Å². The molecule has 1 aliphatic rings. The third-order valence-electron chi connectivity index (χ3n) is 4.71. The number of benzene rings is 2. The van der Waals surface area contributed by atoms with Gasteiger partial charge in [0.1, 0.15) is 11.9 Å². The van der Waals surface area contributed by atoms with Crippen LogP contribution in [0.5, 0.6) is 0 Å². The molecule has 0 aliphatic carbocycles. The second kappa shape index (κ2) is 7.14. The molecule has 126 valence electrons. The van der Waals surface area contributed by atoms with Crippen LogP contribution in [0.1, 0.15) is 28.7 Å². The summed E-state index contributed by atoms with van der Waals surface area (Å²) in [6.45, 7) is 3.26. The molecule has 24 heavy (non-hydrogen) atoms. The average Bonchev–Trinajstić information content (AvgIpc) is 2.54. The highest BCUT2D eigenvalue weighted by atomic mass is 19.1. The number of carbonyl (C=O) groups is 1. The lowest BCUT2D eigenvalue weighted by Crippen LogP contribution is -2.46. The number of carboxylic acid groups (broad SMARTS) is 1. The second-order valence-electron chi connectivity index (χ2n) is 6.50. The molecule has 0 saturated heterocycles. The van der Waals surface area contributed by atoms with Gasteiger partial charge in [0.25, 0.3) is 0 Å². The number of hydrogen-bond donors (Lipinski definition) is 1. The summed E-state index contributed by atoms with van der Waals surface area (Å²) in [6, 6.07) is 12.7. The van der Waals surface area contributed by atoms with Crippen molar-refractivity contribution in [1.29, 1.82) is 0 Å². The van der Waals surface area contributed by atoms with E-state index in [2.05, 4.69) is 25.1 Å². The first-order chi connectivity index (χ1) is 11.5. The minimum atomic E-state index is -0.876. The molecule has 0 aromatic heterocycles. The van der Waals surface area contributed by atoms with Crippen LogP contribution < -0.4 is 0 Å². The first kappa shape index (κ1) is 16.7. The summed E-state index contributed by atoms with van der Waals surface area (Å²) >= 11 is 0. The van der Waals surface area contributed by atoms with Crippen molar-refractivity contribution >= 4 is 5.97 Å². The fourth-order valence-electron chi connectivity index (χ4n) is 3.46. The molecule has 2 aromatic rings. The molecule has 1 N–H and O–H groups in total. The maximum atomic E-state index is 13.9. The van der Waals surface area contributed by atoms with E-state index in [9.17, 15) is 14.3 Å². The highest BCUT2D eigenvalue weighted by Crippen LogP contribution is 2.26. The highest BCUT2D eigenvalue weighted by molar-refractivity contribution is 5.74. The van der Waals surface area contributed by atoms with Crippen molar-refractivity contribution in [1.82, 2.24) is 4.90 Å². The minimum absolute atomic E-state index is 0.238. The largest absolute Gasteiger partial charge is 0.480 e. The smallest absolute Gasteiger partial charge is 0.321 e. The number of aliphatic carboxylic acids is 1. The molecular weight excluding hydrogens is 305 g/mol. The molecule has 3 nitrogen and oxygen atoms in total. The Kier molecular flexibility index (Phi) is 4.95. The molecule has 0 amide bonds. The molecule has 1 heterocycles. The van der Waals surface area contributed by atoms with Gasteiger partial charge in [-0.3, -0.25) is 9.69 Å². The van der Waals surface area contributed by atoms with E-state index < -0.39 is 12.0 Å². The van der Waals surface area contributed by atoms with Crippen LogP contribution in [0.3, 0.4) is 0 Å². The van der Waals surface area contributed by atoms with Gasteiger partial charge in [0, 0.05) is 13.0 Å². The number of aryl methyl sites for hydroxylation is 2. The van der Waals surface area contributed by atoms with Crippen molar-refractivity contribution < 1.29 is 14.3 Å². The molecular formula is C20H22FNO2. The van der Waals surface area contributed by atoms with Crippen molar-refractivity contribution in [2.24, 2.45) is 0 Å². The number of halogens is 1. The first-order valence-electron chi connectivity index (χ1n) is 8.33. The maximum absolute atomic E-state index is 13.9. The van der Waals surface area contributed by atoms with Crippen LogP contribution in [-0.4, -0.2) is 28.6 Å². The quantitative estimate of drug-likeness (QED) is 0.912. The lowest BCUT2D eigenvalue weighted by atomic mass is 9.93. The van der Waals surface area contributed by atoms with Crippen molar-refractivity contribution in [3.05, 3.63) is 70.5 Å². The standard InChI is InChI=1S/C20H22FNO2/c1-14-5-2-6-15(11-14)7-4-10-22-13-16-8-3-9-18(21)17(16)12-19(22)20(23)24/h2-3,5-6,8-9,11,19H,4,7,10,12-13H2,1H3,(H,23,24). The van der Waals surface area contributed by atoms with Gasteiger partial charge in [-0.1, -0.05) is 42.0 Å². The minimum Gasteiger partial charge on any atom is -0.480 e. The number of nitrogens with zero attached hydrogens (tertiary/aromatic N) is 1. The maximum Gasteiger partial charge on any atom is 0.321 e. The van der Waals surface area contributed by atoms with Crippen molar-refractivity contribution in [3.63, 3.8) is 0 Å². The van der Waals surface area contributed by atoms with Gasteiger partial charge < -0.3 is 5.11 Å². The highest BCUT2D eigenvalue weighted by Gasteiger charge is 2.32. The summed E-state index contributed by atoms with van der Waals surface area (Å²) in [6.07, 6.45) is 2.04. The normalized spacial score (nSPS) is 17.5. The lowest BCUT2D eigenvalue weighted by Gasteiger charge is -2.34. The predicted molar refractivity (Wildman–Crippen MR) is 91.4 cm³/mol. The van der Waals surface area contributed by atoms with E-state index in [4.69, 9.17) is 0 Å². The summed E-state index contributed by atoms with van der Waals surface area (Å²) in [5.74, 6) is -1.17. The average molecular weight is 327 g/mol. The number of rotatable bonds is 5. The Balaban J connectivity index is 1.68. The van der Waals surface area contributed by atoms with E-state index in [1.807, 2.05) is 17.0 Å². The van der Waals surface area contributed by atoms with Gasteiger partial charge in [0.15, 0.2) is 0 Å². The second-order valence-corrected chi connectivity index (χ2v) is 6.50. The number of carboxylic acids is 1. The molecule has 0 saturated carbocycles. The molecule has 1 aliphatic heterocycles. The fourth-order valence-corrected chi connectivity index (χ4v) is 3.46. The zero-order chi connectivity index (χ0) is 17.1. The van der Waals surface area contributed by atoms with E-state index in [0.29, 0.717) is 18.7 Å². The summed E-state index contributed by atoms with van der Waals surface area (Å²) in [4.78, 5) is 13.6. The van der Waals surface area contributed by atoms with Gasteiger partial charge in [-0.2, -0.15) is 0 Å². The molecule has 0 radical (unpaired) electrons. The van der Waals surface area contributed by atoms with Crippen LogP contribution in [0.25, 0.3) is 0 Å².